The fourth-order valence-electron chi connectivity index (χ4n) is 4.27. The number of nitrogens with zero attached hydrogens (tertiary/aromatic N) is 5. The van der Waals surface area contributed by atoms with Gasteiger partial charge < -0.3 is 14.0 Å². The van der Waals surface area contributed by atoms with E-state index in [9.17, 15) is 4.79 Å². The van der Waals surface area contributed by atoms with Crippen LogP contribution in [-0.4, -0.2) is 56.6 Å². The molecule has 1 aliphatic rings. The summed E-state index contributed by atoms with van der Waals surface area (Å²) in [6.45, 7) is 5.61. The molecule has 0 spiro atoms. The van der Waals surface area contributed by atoms with Crippen LogP contribution in [0.15, 0.2) is 83.5 Å². The van der Waals surface area contributed by atoms with Crippen LogP contribution >= 0.6 is 0 Å². The molecule has 7 nitrogen and oxygen atoms in total. The molecule has 0 saturated carbocycles. The molecule has 0 N–H and O–H groups in total. The van der Waals surface area contributed by atoms with E-state index >= 15 is 0 Å². The van der Waals surface area contributed by atoms with Crippen LogP contribution in [0.4, 0.5) is 0 Å². The van der Waals surface area contributed by atoms with Gasteiger partial charge in [-0.25, -0.2) is 0 Å². The zero-order chi connectivity index (χ0) is 22.6. The first-order chi connectivity index (χ1) is 16.2. The highest BCUT2D eigenvalue weighted by molar-refractivity contribution is 5.93. The number of carbonyl (C=O) groups excluding carboxylic acids is 1. The largest absolute Gasteiger partial charge is 0.339 e. The molecule has 5 rings (SSSR count). The summed E-state index contributed by atoms with van der Waals surface area (Å²) in [4.78, 5) is 22.0. The lowest BCUT2D eigenvalue weighted by Gasteiger charge is -2.36. The Balaban J connectivity index is 1.21. The van der Waals surface area contributed by atoms with E-state index in [2.05, 4.69) is 34.1 Å². The maximum Gasteiger partial charge on any atom is 0.270 e. The Morgan fingerprint density at radius 2 is 1.64 bits per heavy atom. The zero-order valence-corrected chi connectivity index (χ0v) is 18.7. The van der Waals surface area contributed by atoms with Gasteiger partial charge in [0.25, 0.3) is 5.91 Å². The Kier molecular flexibility index (Phi) is 6.04. The van der Waals surface area contributed by atoms with E-state index in [1.165, 1.54) is 5.56 Å². The van der Waals surface area contributed by atoms with E-state index in [-0.39, 0.29) is 11.9 Å². The van der Waals surface area contributed by atoms with Crippen molar-refractivity contribution in [1.29, 1.82) is 0 Å². The third-order valence-electron chi connectivity index (χ3n) is 6.22. The summed E-state index contributed by atoms with van der Waals surface area (Å²) in [5.41, 5.74) is 2.84. The predicted octanol–water partition coefficient (Wildman–Crippen LogP) is 4.11. The summed E-state index contributed by atoms with van der Waals surface area (Å²) in [7, 11) is 0. The second-order valence-electron chi connectivity index (χ2n) is 8.33. The summed E-state index contributed by atoms with van der Waals surface area (Å²) in [5.74, 6) is 1.28. The second-order valence-corrected chi connectivity index (χ2v) is 8.33. The van der Waals surface area contributed by atoms with Crippen LogP contribution < -0.4 is 0 Å². The number of carbonyl (C=O) groups is 1. The van der Waals surface area contributed by atoms with Crippen molar-refractivity contribution in [1.82, 2.24) is 24.5 Å². The van der Waals surface area contributed by atoms with Crippen LogP contribution in [0.1, 0.15) is 34.9 Å². The molecule has 3 heterocycles. The quantitative estimate of drug-likeness (QED) is 0.451. The highest BCUT2D eigenvalue weighted by Crippen LogP contribution is 2.24. The topological polar surface area (TPSA) is 67.4 Å². The van der Waals surface area contributed by atoms with Crippen molar-refractivity contribution in [3.63, 3.8) is 0 Å². The smallest absolute Gasteiger partial charge is 0.270 e. The normalized spacial score (nSPS) is 15.5. The minimum absolute atomic E-state index is 0.00541. The fraction of sp³-hybridized carbons (Fsp3) is 0.269. The first-order valence-electron chi connectivity index (χ1n) is 11.3. The van der Waals surface area contributed by atoms with Gasteiger partial charge >= 0.3 is 0 Å². The van der Waals surface area contributed by atoms with Gasteiger partial charge in [-0.1, -0.05) is 65.8 Å². The summed E-state index contributed by atoms with van der Waals surface area (Å²) < 4.78 is 7.58. The third kappa shape index (κ3) is 4.59. The summed E-state index contributed by atoms with van der Waals surface area (Å²) in [5, 5.41) is 4.14. The Hall–Kier alpha value is -3.71. The van der Waals surface area contributed by atoms with Gasteiger partial charge in [0.1, 0.15) is 5.69 Å². The number of rotatable bonds is 6. The van der Waals surface area contributed by atoms with Gasteiger partial charge in [-0.15, -0.1) is 0 Å². The van der Waals surface area contributed by atoms with Crippen molar-refractivity contribution in [2.45, 2.75) is 19.5 Å². The van der Waals surface area contributed by atoms with Gasteiger partial charge in [-0.3, -0.25) is 9.69 Å². The zero-order valence-electron chi connectivity index (χ0n) is 18.7. The minimum atomic E-state index is -0.00541. The maximum absolute atomic E-state index is 13.2. The van der Waals surface area contributed by atoms with Gasteiger partial charge in [0, 0.05) is 44.5 Å². The van der Waals surface area contributed by atoms with E-state index in [0.29, 0.717) is 31.3 Å². The van der Waals surface area contributed by atoms with E-state index in [1.54, 1.807) is 0 Å². The molecule has 2 aromatic heterocycles. The van der Waals surface area contributed by atoms with Gasteiger partial charge in [-0.05, 0) is 24.6 Å². The Morgan fingerprint density at radius 3 is 2.36 bits per heavy atom. The SMILES string of the molecule is CC(c1nc(-c2ccccc2)no1)N1CCN(C(=O)c2cccn2Cc2ccccc2)CC1. The predicted molar refractivity (Wildman–Crippen MR) is 126 cm³/mol. The molecule has 33 heavy (non-hydrogen) atoms. The number of piperazine rings is 1. The summed E-state index contributed by atoms with van der Waals surface area (Å²) in [6, 6.07) is 23.9. The van der Waals surface area contributed by atoms with Crippen LogP contribution in [0.25, 0.3) is 11.4 Å². The van der Waals surface area contributed by atoms with E-state index in [1.807, 2.05) is 76.3 Å². The first-order valence-corrected chi connectivity index (χ1v) is 11.3. The van der Waals surface area contributed by atoms with Crippen LogP contribution in [0.2, 0.25) is 0 Å². The van der Waals surface area contributed by atoms with Crippen molar-refractivity contribution < 1.29 is 9.32 Å². The molecule has 2 aromatic carbocycles. The standard InChI is InChI=1S/C26H27N5O2/c1-20(25-27-24(28-33-25)22-11-6-3-7-12-22)29-15-17-30(18-16-29)26(32)23-13-8-14-31(23)19-21-9-4-2-5-10-21/h2-14,20H,15-19H2,1H3. The molecule has 0 radical (unpaired) electrons. The molecular formula is C26H27N5O2. The molecule has 0 aliphatic carbocycles. The molecule has 168 valence electrons. The summed E-state index contributed by atoms with van der Waals surface area (Å²) in [6.07, 6.45) is 1.97. The molecule has 1 unspecified atom stereocenters. The number of amides is 1. The van der Waals surface area contributed by atoms with Crippen LogP contribution in [0.5, 0.6) is 0 Å². The maximum atomic E-state index is 13.2. The van der Waals surface area contributed by atoms with Crippen LogP contribution in [0, 0.1) is 0 Å². The Labute approximate surface area is 193 Å². The lowest BCUT2D eigenvalue weighted by molar-refractivity contribution is 0.0542. The average molecular weight is 442 g/mol. The number of hydrogen-bond acceptors (Lipinski definition) is 5. The molecule has 1 aliphatic heterocycles. The molecule has 1 amide bonds. The number of aromatic nitrogens is 3. The van der Waals surface area contributed by atoms with Gasteiger partial charge in [-0.2, -0.15) is 4.98 Å². The molecule has 7 heteroatoms. The Bertz CT molecular complexity index is 1190. The van der Waals surface area contributed by atoms with Crippen molar-refractivity contribution >= 4 is 5.91 Å². The van der Waals surface area contributed by atoms with Gasteiger partial charge in [0.2, 0.25) is 11.7 Å². The molecule has 1 fully saturated rings. The van der Waals surface area contributed by atoms with Crippen molar-refractivity contribution in [3.05, 3.63) is 96.1 Å². The number of hydrogen-bond donors (Lipinski definition) is 0. The van der Waals surface area contributed by atoms with E-state index < -0.39 is 0 Å². The number of benzene rings is 2. The highest BCUT2D eigenvalue weighted by Gasteiger charge is 2.29. The van der Waals surface area contributed by atoms with E-state index in [0.717, 1.165) is 24.3 Å². The van der Waals surface area contributed by atoms with Crippen molar-refractivity contribution in [2.75, 3.05) is 26.2 Å². The molecule has 4 aromatic rings. The van der Waals surface area contributed by atoms with Gasteiger partial charge in [0.15, 0.2) is 0 Å². The van der Waals surface area contributed by atoms with E-state index in [4.69, 9.17) is 4.52 Å². The molecule has 1 atom stereocenters. The van der Waals surface area contributed by atoms with Crippen molar-refractivity contribution in [3.8, 4) is 11.4 Å². The molecule has 1 saturated heterocycles. The minimum Gasteiger partial charge on any atom is -0.339 e. The third-order valence-corrected chi connectivity index (χ3v) is 6.22. The van der Waals surface area contributed by atoms with Crippen LogP contribution in [0.3, 0.4) is 0 Å². The van der Waals surface area contributed by atoms with Gasteiger partial charge in [0.05, 0.1) is 6.04 Å². The first kappa shape index (κ1) is 21.2. The lowest BCUT2D eigenvalue weighted by atomic mass is 10.2. The summed E-state index contributed by atoms with van der Waals surface area (Å²) >= 11 is 0. The Morgan fingerprint density at radius 1 is 0.939 bits per heavy atom. The second kappa shape index (κ2) is 9.42. The fourth-order valence-corrected chi connectivity index (χ4v) is 4.27. The lowest BCUT2D eigenvalue weighted by Crippen LogP contribution is -2.49. The van der Waals surface area contributed by atoms with Crippen molar-refractivity contribution in [2.24, 2.45) is 0 Å². The monoisotopic (exact) mass is 441 g/mol. The molecular weight excluding hydrogens is 414 g/mol. The van der Waals surface area contributed by atoms with Crippen LogP contribution in [-0.2, 0) is 6.54 Å². The average Bonchev–Trinajstić information content (AvgIpc) is 3.55. The highest BCUT2D eigenvalue weighted by atomic mass is 16.5. The molecule has 0 bridgehead atoms.